The minimum Gasteiger partial charge on any atom is -0.465 e. The van der Waals surface area contributed by atoms with Gasteiger partial charge in [0.25, 0.3) is 0 Å². The summed E-state index contributed by atoms with van der Waals surface area (Å²) in [7, 11) is 0. The number of ether oxygens (including phenoxy) is 2. The zero-order valence-corrected chi connectivity index (χ0v) is 45.9. The molecule has 0 spiro atoms. The van der Waals surface area contributed by atoms with Crippen molar-refractivity contribution in [1.82, 2.24) is 9.80 Å². The predicted octanol–water partition coefficient (Wildman–Crippen LogP) is 17.1. The topological polar surface area (TPSA) is 79.3 Å². The second-order valence-electron chi connectivity index (χ2n) is 21.6. The molecule has 1 N–H and O–H groups in total. The molecule has 1 saturated carbocycles. The number of hydrogen-bond donors (Lipinski definition) is 1. The molecule has 0 heterocycles. The molecule has 0 aromatic rings. The van der Waals surface area contributed by atoms with Gasteiger partial charge in [0, 0.05) is 32.0 Å². The maximum Gasteiger partial charge on any atom is 0.305 e. The lowest BCUT2D eigenvalue weighted by Crippen LogP contribution is -2.44. The predicted molar refractivity (Wildman–Crippen MR) is 289 cm³/mol. The van der Waals surface area contributed by atoms with Crippen molar-refractivity contribution in [3.8, 4) is 0 Å². The molecule has 7 heteroatoms. The molecule has 398 valence electrons. The lowest BCUT2D eigenvalue weighted by atomic mass is 9.92. The molecule has 0 bridgehead atoms. The monoisotopic (exact) mass is 947 g/mol. The maximum atomic E-state index is 13.0. The molecule has 1 fully saturated rings. The Morgan fingerprint density at radius 3 is 1.12 bits per heavy atom. The summed E-state index contributed by atoms with van der Waals surface area (Å²) in [4.78, 5) is 31.3. The van der Waals surface area contributed by atoms with Crippen LogP contribution in [0, 0.1) is 11.8 Å². The van der Waals surface area contributed by atoms with Gasteiger partial charge in [-0.2, -0.15) is 0 Å². The minimum atomic E-state index is -0.122. The van der Waals surface area contributed by atoms with Crippen LogP contribution in [0.25, 0.3) is 0 Å². The molecule has 0 radical (unpaired) electrons. The van der Waals surface area contributed by atoms with Crippen molar-refractivity contribution in [2.45, 2.75) is 316 Å². The van der Waals surface area contributed by atoms with Gasteiger partial charge in [-0.05, 0) is 115 Å². The second kappa shape index (κ2) is 48.4. The van der Waals surface area contributed by atoms with Crippen molar-refractivity contribution in [2.75, 3.05) is 45.9 Å². The highest BCUT2D eigenvalue weighted by molar-refractivity contribution is 5.69. The van der Waals surface area contributed by atoms with E-state index in [0.29, 0.717) is 43.9 Å². The molecule has 1 aliphatic carbocycles. The Hall–Kier alpha value is -1.18. The van der Waals surface area contributed by atoms with Crippen LogP contribution in [0.15, 0.2) is 0 Å². The fraction of sp³-hybridized carbons (Fsp3) is 0.967. The van der Waals surface area contributed by atoms with Crippen LogP contribution in [0.2, 0.25) is 0 Å². The zero-order chi connectivity index (χ0) is 48.7. The van der Waals surface area contributed by atoms with E-state index in [4.69, 9.17) is 9.47 Å². The number of hydrogen-bond acceptors (Lipinski definition) is 7. The van der Waals surface area contributed by atoms with Crippen LogP contribution in [-0.2, 0) is 19.1 Å². The molecular formula is C60H118N2O5. The van der Waals surface area contributed by atoms with Gasteiger partial charge in [0.05, 0.1) is 19.3 Å². The van der Waals surface area contributed by atoms with Crippen LogP contribution in [-0.4, -0.2) is 84.9 Å². The number of rotatable bonds is 51. The van der Waals surface area contributed by atoms with Gasteiger partial charge in [0.1, 0.15) is 0 Å². The number of esters is 2. The number of carbonyl (C=O) groups excluding carboxylic acids is 2. The summed E-state index contributed by atoms with van der Waals surface area (Å²) < 4.78 is 11.9. The van der Waals surface area contributed by atoms with E-state index in [1.807, 2.05) is 0 Å². The fourth-order valence-corrected chi connectivity index (χ4v) is 10.5. The van der Waals surface area contributed by atoms with Gasteiger partial charge in [-0.1, -0.05) is 208 Å². The average molecular weight is 948 g/mol. The third-order valence-electron chi connectivity index (χ3n) is 15.2. The van der Waals surface area contributed by atoms with E-state index in [0.717, 1.165) is 96.9 Å². The highest BCUT2D eigenvalue weighted by atomic mass is 16.5. The Bertz CT molecular complexity index is 955. The standard InChI is InChI=1S/C60H118N2O5/c1-6-11-16-20-24-30-38-55(39-31-25-21-17-12-7-2)53-66-59(64)42-34-28-36-48-61(51-52-62(50-15-10-5)57-44-46-58(63)47-45-57)49-37-29-35-43-60(65)67-54-56(40-32-26-22-18-13-8-3)41-33-27-23-19-14-9-4/h55-58,63H,6-54H2,1-5H3. The van der Waals surface area contributed by atoms with Crippen LogP contribution in [0.1, 0.15) is 304 Å². The zero-order valence-electron chi connectivity index (χ0n) is 45.9. The molecule has 0 atom stereocenters. The van der Waals surface area contributed by atoms with Crippen molar-refractivity contribution >= 4 is 11.9 Å². The summed E-state index contributed by atoms with van der Waals surface area (Å²) in [5, 5.41) is 10.2. The summed E-state index contributed by atoms with van der Waals surface area (Å²) in [6.07, 6.45) is 50.0. The van der Waals surface area contributed by atoms with E-state index in [-0.39, 0.29) is 18.0 Å². The normalized spacial score (nSPS) is 15.4. The van der Waals surface area contributed by atoms with Gasteiger partial charge in [-0.15, -0.1) is 0 Å². The quantitative estimate of drug-likeness (QED) is 0.0481. The van der Waals surface area contributed by atoms with E-state index in [1.165, 1.54) is 193 Å². The highest BCUT2D eigenvalue weighted by Crippen LogP contribution is 2.25. The number of aliphatic hydroxyl groups excluding tert-OH is 1. The molecule has 1 rings (SSSR count). The van der Waals surface area contributed by atoms with Crippen LogP contribution >= 0.6 is 0 Å². The molecule has 0 unspecified atom stereocenters. The van der Waals surface area contributed by atoms with Crippen molar-refractivity contribution in [3.63, 3.8) is 0 Å². The summed E-state index contributed by atoms with van der Waals surface area (Å²) in [5.41, 5.74) is 0. The Morgan fingerprint density at radius 2 is 0.746 bits per heavy atom. The van der Waals surface area contributed by atoms with E-state index in [9.17, 15) is 14.7 Å². The number of aliphatic hydroxyl groups is 1. The van der Waals surface area contributed by atoms with Gasteiger partial charge < -0.3 is 19.5 Å². The Balaban J connectivity index is 2.64. The van der Waals surface area contributed by atoms with Gasteiger partial charge in [-0.25, -0.2) is 0 Å². The maximum absolute atomic E-state index is 13.0. The number of unbranched alkanes of at least 4 members (excludes halogenated alkanes) is 25. The highest BCUT2D eigenvalue weighted by Gasteiger charge is 2.25. The van der Waals surface area contributed by atoms with Crippen molar-refractivity contribution in [1.29, 1.82) is 0 Å². The Labute approximate surface area is 418 Å². The third kappa shape index (κ3) is 40.1. The van der Waals surface area contributed by atoms with Gasteiger partial charge in [0.2, 0.25) is 0 Å². The van der Waals surface area contributed by atoms with Gasteiger partial charge in [0.15, 0.2) is 0 Å². The molecule has 0 aromatic heterocycles. The van der Waals surface area contributed by atoms with Crippen LogP contribution in [0.5, 0.6) is 0 Å². The molecular weight excluding hydrogens is 829 g/mol. The molecule has 7 nitrogen and oxygen atoms in total. The average Bonchev–Trinajstić information content (AvgIpc) is 3.33. The molecule has 1 aliphatic rings. The number of nitrogens with zero attached hydrogens (tertiary/aromatic N) is 2. The molecule has 0 saturated heterocycles. The van der Waals surface area contributed by atoms with Crippen molar-refractivity contribution in [3.05, 3.63) is 0 Å². The van der Waals surface area contributed by atoms with Gasteiger partial charge in [-0.3, -0.25) is 14.5 Å². The van der Waals surface area contributed by atoms with E-state index in [1.54, 1.807) is 0 Å². The largest absolute Gasteiger partial charge is 0.465 e. The Morgan fingerprint density at radius 1 is 0.403 bits per heavy atom. The molecule has 0 amide bonds. The summed E-state index contributed by atoms with van der Waals surface area (Å²) >= 11 is 0. The van der Waals surface area contributed by atoms with Crippen molar-refractivity contribution < 1.29 is 24.2 Å². The van der Waals surface area contributed by atoms with E-state index < -0.39 is 0 Å². The molecule has 67 heavy (non-hydrogen) atoms. The SMILES string of the molecule is CCCCCCCCC(CCCCCCCC)COC(=O)CCCCCN(CCCCCC(=O)OCC(CCCCCCCC)CCCCCCCC)CCN(CCCC)C1CCC(O)CC1. The van der Waals surface area contributed by atoms with Crippen LogP contribution in [0.4, 0.5) is 0 Å². The second-order valence-corrected chi connectivity index (χ2v) is 21.6. The van der Waals surface area contributed by atoms with Gasteiger partial charge >= 0.3 is 11.9 Å². The first-order valence-electron chi connectivity index (χ1n) is 30.3. The first kappa shape index (κ1) is 63.8. The van der Waals surface area contributed by atoms with Crippen LogP contribution in [0.3, 0.4) is 0 Å². The number of carbonyl (C=O) groups is 2. The Kier molecular flexibility index (Phi) is 46.2. The fourth-order valence-electron chi connectivity index (χ4n) is 10.5. The summed E-state index contributed by atoms with van der Waals surface area (Å²) in [5.74, 6) is 1.04. The van der Waals surface area contributed by atoms with Crippen molar-refractivity contribution in [2.24, 2.45) is 11.8 Å². The van der Waals surface area contributed by atoms with Crippen LogP contribution < -0.4 is 0 Å². The summed E-state index contributed by atoms with van der Waals surface area (Å²) in [6, 6.07) is 0.584. The lowest BCUT2D eigenvalue weighted by molar-refractivity contribution is -0.146. The first-order chi connectivity index (χ1) is 32.9. The summed E-state index contributed by atoms with van der Waals surface area (Å²) in [6.45, 7) is 18.0. The molecule has 0 aliphatic heterocycles. The van der Waals surface area contributed by atoms with E-state index in [2.05, 4.69) is 44.4 Å². The smallest absolute Gasteiger partial charge is 0.305 e. The van der Waals surface area contributed by atoms with E-state index >= 15 is 0 Å². The molecule has 0 aromatic carbocycles. The lowest BCUT2D eigenvalue weighted by Gasteiger charge is -2.37. The first-order valence-corrected chi connectivity index (χ1v) is 30.3. The minimum absolute atomic E-state index is 0.00145. The third-order valence-corrected chi connectivity index (χ3v) is 15.2.